The number of rotatable bonds is 3. The summed E-state index contributed by atoms with van der Waals surface area (Å²) in [6, 6.07) is 9.01. The first kappa shape index (κ1) is 20.5. The van der Waals surface area contributed by atoms with Crippen LogP contribution in [0.5, 0.6) is 5.75 Å². The number of nitrogens with one attached hydrogen (secondary N) is 1. The maximum absolute atomic E-state index is 13.1. The van der Waals surface area contributed by atoms with Crippen molar-refractivity contribution in [3.63, 3.8) is 0 Å². The summed E-state index contributed by atoms with van der Waals surface area (Å²) < 4.78 is 5.23. The van der Waals surface area contributed by atoms with Gasteiger partial charge in [0, 0.05) is 63.3 Å². The van der Waals surface area contributed by atoms with E-state index in [4.69, 9.17) is 4.74 Å². The number of anilines is 2. The lowest BCUT2D eigenvalue weighted by Gasteiger charge is -2.46. The average Bonchev–Trinajstić information content (AvgIpc) is 3.36. The van der Waals surface area contributed by atoms with Gasteiger partial charge in [-0.25, -0.2) is 14.8 Å². The Morgan fingerprint density at radius 2 is 1.91 bits per heavy atom. The molecule has 2 atom stereocenters. The summed E-state index contributed by atoms with van der Waals surface area (Å²) >= 11 is 0. The molecule has 168 valence electrons. The van der Waals surface area contributed by atoms with Crippen molar-refractivity contribution >= 4 is 23.6 Å². The molecule has 0 radical (unpaired) electrons. The number of hydrogen-bond acceptors (Lipinski definition) is 6. The Bertz CT molecular complexity index is 1010. The fourth-order valence-corrected chi connectivity index (χ4v) is 5.64. The fourth-order valence-electron chi connectivity index (χ4n) is 5.64. The first-order chi connectivity index (χ1) is 15.5. The van der Waals surface area contributed by atoms with Gasteiger partial charge in [-0.2, -0.15) is 0 Å². The molecule has 9 heteroatoms. The number of urea groups is 1. The number of nitrogens with zero attached hydrogens (tertiary/aromatic N) is 5. The van der Waals surface area contributed by atoms with E-state index in [0.29, 0.717) is 37.0 Å². The summed E-state index contributed by atoms with van der Waals surface area (Å²) in [5.41, 5.74) is 0.482. The molecule has 3 aliphatic heterocycles. The summed E-state index contributed by atoms with van der Waals surface area (Å²) in [5, 5.41) is 2.96. The van der Waals surface area contributed by atoms with E-state index in [1.807, 2.05) is 35.0 Å². The number of benzene rings is 1. The standard InChI is InChI=1S/C23H28N6O3/c1-27-20(30)18-14-29(21-24-9-4-10-25-21)15-19(18)23(27)7-11-28(12-8-23)22(31)26-16-5-3-6-17(13-16)32-2/h3-6,9-10,13,18-19H,7-8,11-12,14-15H2,1-2H3,(H,26,31)/t18-,19+/m1/s1. The molecule has 1 aromatic heterocycles. The van der Waals surface area contributed by atoms with Crippen LogP contribution in [0.25, 0.3) is 0 Å². The molecule has 32 heavy (non-hydrogen) atoms. The van der Waals surface area contributed by atoms with Crippen LogP contribution in [0.1, 0.15) is 12.8 Å². The molecular formula is C23H28N6O3. The van der Waals surface area contributed by atoms with E-state index in [0.717, 1.165) is 19.4 Å². The molecule has 3 fully saturated rings. The molecular weight excluding hydrogens is 408 g/mol. The molecule has 0 aliphatic carbocycles. The highest BCUT2D eigenvalue weighted by atomic mass is 16.5. The Labute approximate surface area is 187 Å². The quantitative estimate of drug-likeness (QED) is 0.792. The third-order valence-corrected chi connectivity index (χ3v) is 7.40. The van der Waals surface area contributed by atoms with Gasteiger partial charge in [0.05, 0.1) is 18.6 Å². The van der Waals surface area contributed by atoms with E-state index in [2.05, 4.69) is 20.2 Å². The van der Waals surface area contributed by atoms with Gasteiger partial charge in [-0.1, -0.05) is 6.07 Å². The van der Waals surface area contributed by atoms with Gasteiger partial charge in [-0.3, -0.25) is 4.79 Å². The lowest BCUT2D eigenvalue weighted by molar-refractivity contribution is -0.133. The number of ether oxygens (including phenoxy) is 1. The van der Waals surface area contributed by atoms with Crippen LogP contribution in [-0.4, -0.2) is 77.6 Å². The van der Waals surface area contributed by atoms with Crippen molar-refractivity contribution in [3.8, 4) is 5.75 Å². The van der Waals surface area contributed by atoms with Gasteiger partial charge in [0.25, 0.3) is 0 Å². The maximum Gasteiger partial charge on any atom is 0.321 e. The average molecular weight is 437 g/mol. The lowest BCUT2D eigenvalue weighted by Crippen LogP contribution is -2.57. The molecule has 4 heterocycles. The summed E-state index contributed by atoms with van der Waals surface area (Å²) in [6.07, 6.45) is 5.01. The van der Waals surface area contributed by atoms with Crippen molar-refractivity contribution in [2.75, 3.05) is 50.6 Å². The van der Waals surface area contributed by atoms with E-state index >= 15 is 0 Å². The molecule has 5 rings (SSSR count). The number of likely N-dealkylation sites (tertiary alicyclic amines) is 2. The number of piperidine rings is 1. The number of methoxy groups -OCH3 is 1. The topological polar surface area (TPSA) is 90.9 Å². The Kier molecular flexibility index (Phi) is 5.11. The second-order valence-corrected chi connectivity index (χ2v) is 8.82. The number of amides is 3. The lowest BCUT2D eigenvalue weighted by atomic mass is 9.75. The van der Waals surface area contributed by atoms with Crippen molar-refractivity contribution in [1.82, 2.24) is 19.8 Å². The summed E-state index contributed by atoms with van der Waals surface area (Å²) in [7, 11) is 3.53. The molecule has 3 amide bonds. The second-order valence-electron chi connectivity index (χ2n) is 8.82. The zero-order valence-corrected chi connectivity index (χ0v) is 18.4. The van der Waals surface area contributed by atoms with Crippen molar-refractivity contribution in [2.24, 2.45) is 11.8 Å². The number of fused-ring (bicyclic) bond motifs is 2. The Morgan fingerprint density at radius 1 is 1.16 bits per heavy atom. The van der Waals surface area contributed by atoms with Crippen LogP contribution >= 0.6 is 0 Å². The first-order valence-corrected chi connectivity index (χ1v) is 11.0. The highest BCUT2D eigenvalue weighted by Crippen LogP contribution is 2.49. The van der Waals surface area contributed by atoms with Gasteiger partial charge in [0.2, 0.25) is 11.9 Å². The highest BCUT2D eigenvalue weighted by molar-refractivity contribution is 5.90. The van der Waals surface area contributed by atoms with Crippen molar-refractivity contribution in [3.05, 3.63) is 42.7 Å². The molecule has 1 spiro atoms. The molecule has 0 bridgehead atoms. The number of carbonyl (C=O) groups is 2. The van der Waals surface area contributed by atoms with Crippen LogP contribution in [0.4, 0.5) is 16.4 Å². The monoisotopic (exact) mass is 436 g/mol. The summed E-state index contributed by atoms with van der Waals surface area (Å²) in [6.45, 7) is 2.64. The van der Waals surface area contributed by atoms with Crippen LogP contribution in [0, 0.1) is 11.8 Å². The van der Waals surface area contributed by atoms with Crippen molar-refractivity contribution < 1.29 is 14.3 Å². The molecule has 2 aromatic rings. The van der Waals surface area contributed by atoms with Crippen LogP contribution in [0.2, 0.25) is 0 Å². The molecule has 9 nitrogen and oxygen atoms in total. The van der Waals surface area contributed by atoms with Gasteiger partial charge in [-0.05, 0) is 31.0 Å². The van der Waals surface area contributed by atoms with E-state index < -0.39 is 0 Å². The summed E-state index contributed by atoms with van der Waals surface area (Å²) in [5.74, 6) is 1.75. The van der Waals surface area contributed by atoms with Gasteiger partial charge in [0.15, 0.2) is 0 Å². The van der Waals surface area contributed by atoms with E-state index in [-0.39, 0.29) is 29.3 Å². The molecule has 1 aromatic carbocycles. The van der Waals surface area contributed by atoms with Crippen molar-refractivity contribution in [2.45, 2.75) is 18.4 Å². The van der Waals surface area contributed by atoms with Crippen LogP contribution in [0.3, 0.4) is 0 Å². The second kappa shape index (κ2) is 7.96. The van der Waals surface area contributed by atoms with Crippen LogP contribution < -0.4 is 15.0 Å². The molecule has 0 saturated carbocycles. The number of aromatic nitrogens is 2. The predicted molar refractivity (Wildman–Crippen MR) is 120 cm³/mol. The molecule has 1 N–H and O–H groups in total. The minimum Gasteiger partial charge on any atom is -0.497 e. The summed E-state index contributed by atoms with van der Waals surface area (Å²) in [4.78, 5) is 40.6. The minimum absolute atomic E-state index is 0.0408. The van der Waals surface area contributed by atoms with E-state index in [9.17, 15) is 9.59 Å². The number of carbonyl (C=O) groups excluding carboxylic acids is 2. The first-order valence-electron chi connectivity index (χ1n) is 11.0. The normalized spacial score (nSPS) is 24.1. The van der Waals surface area contributed by atoms with Gasteiger partial charge >= 0.3 is 6.03 Å². The molecule has 0 unspecified atom stereocenters. The third-order valence-electron chi connectivity index (χ3n) is 7.40. The van der Waals surface area contributed by atoms with Crippen molar-refractivity contribution in [1.29, 1.82) is 0 Å². The molecule has 3 aliphatic rings. The predicted octanol–water partition coefficient (Wildman–Crippen LogP) is 2.08. The Morgan fingerprint density at radius 3 is 2.62 bits per heavy atom. The SMILES string of the molecule is COc1cccc(NC(=O)N2CCC3(CC2)[C@H]2CN(c4ncccn4)C[C@H]2C(=O)N3C)c1. The number of hydrogen-bond donors (Lipinski definition) is 1. The smallest absolute Gasteiger partial charge is 0.321 e. The fraction of sp³-hybridized carbons (Fsp3) is 0.478. The van der Waals surface area contributed by atoms with Crippen LogP contribution in [-0.2, 0) is 4.79 Å². The zero-order chi connectivity index (χ0) is 22.3. The van der Waals surface area contributed by atoms with E-state index in [1.165, 1.54) is 0 Å². The Hall–Kier alpha value is -3.36. The molecule has 3 saturated heterocycles. The van der Waals surface area contributed by atoms with Gasteiger partial charge in [0.1, 0.15) is 5.75 Å². The minimum atomic E-state index is -0.224. The maximum atomic E-state index is 13.1. The van der Waals surface area contributed by atoms with Gasteiger partial charge < -0.3 is 24.8 Å². The van der Waals surface area contributed by atoms with Crippen LogP contribution in [0.15, 0.2) is 42.7 Å². The van der Waals surface area contributed by atoms with Gasteiger partial charge in [-0.15, -0.1) is 0 Å². The zero-order valence-electron chi connectivity index (χ0n) is 18.4. The Balaban J connectivity index is 1.27. The largest absolute Gasteiger partial charge is 0.497 e. The third kappa shape index (κ3) is 3.32. The van der Waals surface area contributed by atoms with E-state index in [1.54, 1.807) is 31.6 Å². The highest BCUT2D eigenvalue weighted by Gasteiger charge is 2.61.